The average Bonchev–Trinajstić information content (AvgIpc) is 2.67. The Balaban J connectivity index is 1.55. The number of ether oxygens (including phenoxy) is 1. The maximum atomic E-state index is 12.1. The molecule has 31 heavy (non-hydrogen) atoms. The van der Waals surface area contributed by atoms with Crippen LogP contribution in [-0.2, 0) is 4.79 Å². The van der Waals surface area contributed by atoms with Gasteiger partial charge in [0, 0.05) is 24.2 Å². The highest BCUT2D eigenvalue weighted by Crippen LogP contribution is 2.24. The van der Waals surface area contributed by atoms with E-state index in [1.54, 1.807) is 39.0 Å². The van der Waals surface area contributed by atoms with Crippen molar-refractivity contribution in [1.82, 2.24) is 20.2 Å². The number of nitrogens with zero attached hydrogens (tertiary/aromatic N) is 3. The van der Waals surface area contributed by atoms with Gasteiger partial charge in [-0.25, -0.2) is 19.6 Å². The van der Waals surface area contributed by atoms with Gasteiger partial charge >= 0.3 is 12.1 Å². The number of carbonyl (C=O) groups is 3. The summed E-state index contributed by atoms with van der Waals surface area (Å²) < 4.78 is 5.72. The van der Waals surface area contributed by atoms with Crippen LogP contribution in [0.15, 0.2) is 36.7 Å². The highest BCUT2D eigenvalue weighted by molar-refractivity contribution is 6.02. The molecule has 164 valence electrons. The molecule has 1 saturated heterocycles. The quantitative estimate of drug-likeness (QED) is 0.585. The summed E-state index contributed by atoms with van der Waals surface area (Å²) in [5.74, 6) is 1.02. The molecule has 0 aromatic carbocycles. The molecule has 5 amide bonds. The number of pyridine rings is 2. The van der Waals surface area contributed by atoms with E-state index in [9.17, 15) is 14.4 Å². The Labute approximate surface area is 179 Å². The molecule has 1 unspecified atom stereocenters. The number of urea groups is 2. The highest BCUT2D eigenvalue weighted by Gasteiger charge is 2.29. The Morgan fingerprint density at radius 1 is 1.10 bits per heavy atom. The van der Waals surface area contributed by atoms with Crippen molar-refractivity contribution in [2.24, 2.45) is 11.1 Å². The fraction of sp³-hybridized carbons (Fsp3) is 0.350. The van der Waals surface area contributed by atoms with E-state index >= 15 is 0 Å². The topological polar surface area (TPSA) is 152 Å². The van der Waals surface area contributed by atoms with Crippen LogP contribution in [-0.4, -0.2) is 45.5 Å². The van der Waals surface area contributed by atoms with E-state index in [0.717, 1.165) is 6.42 Å². The van der Waals surface area contributed by atoms with Crippen LogP contribution in [0.25, 0.3) is 0 Å². The molecule has 1 atom stereocenters. The zero-order valence-corrected chi connectivity index (χ0v) is 17.5. The van der Waals surface area contributed by atoms with Gasteiger partial charge in [-0.2, -0.15) is 0 Å². The summed E-state index contributed by atoms with van der Waals surface area (Å²) in [6, 6.07) is 5.35. The fourth-order valence-corrected chi connectivity index (χ4v) is 2.47. The summed E-state index contributed by atoms with van der Waals surface area (Å²) >= 11 is 0. The standard InChI is InChI=1S/C20H25N7O4/c1-20(2,3)17(28)26-18(29)24-15-5-4-13(11-23-15)31-12-6-8-22-16(10-12)25-19(30)27-9-7-14(27)21/h4-6,8,10-11,14H,7,9,21H2,1-3H3,(H,22,25,30)(H2,23,24,26,28,29). The first-order valence-corrected chi connectivity index (χ1v) is 9.67. The van der Waals surface area contributed by atoms with Crippen LogP contribution in [0.1, 0.15) is 27.2 Å². The Hall–Kier alpha value is -3.73. The zero-order valence-electron chi connectivity index (χ0n) is 17.5. The molecule has 0 saturated carbocycles. The fourth-order valence-electron chi connectivity index (χ4n) is 2.47. The number of aromatic nitrogens is 2. The maximum Gasteiger partial charge on any atom is 0.327 e. The SMILES string of the molecule is CC(C)(C)C(=O)NC(=O)Nc1ccc(Oc2ccnc(NC(=O)N3CCC3N)c2)cn1. The van der Waals surface area contributed by atoms with Gasteiger partial charge in [0.2, 0.25) is 5.91 Å². The Morgan fingerprint density at radius 2 is 1.87 bits per heavy atom. The van der Waals surface area contributed by atoms with Crippen LogP contribution in [0, 0.1) is 5.41 Å². The van der Waals surface area contributed by atoms with Gasteiger partial charge < -0.3 is 15.4 Å². The molecule has 1 aliphatic rings. The predicted molar refractivity (Wildman–Crippen MR) is 113 cm³/mol. The summed E-state index contributed by atoms with van der Waals surface area (Å²) in [7, 11) is 0. The third-order valence-corrected chi connectivity index (χ3v) is 4.42. The van der Waals surface area contributed by atoms with Crippen molar-refractivity contribution < 1.29 is 19.1 Å². The molecule has 1 fully saturated rings. The normalized spacial score (nSPS) is 15.5. The lowest BCUT2D eigenvalue weighted by Crippen LogP contribution is -2.57. The van der Waals surface area contributed by atoms with Gasteiger partial charge in [-0.05, 0) is 24.6 Å². The van der Waals surface area contributed by atoms with Gasteiger partial charge in [0.1, 0.15) is 23.1 Å². The number of hydrogen-bond donors (Lipinski definition) is 4. The molecule has 3 rings (SSSR count). The molecule has 0 spiro atoms. The molecule has 2 aromatic rings. The van der Waals surface area contributed by atoms with Crippen molar-refractivity contribution in [3.8, 4) is 11.5 Å². The second-order valence-corrected chi connectivity index (χ2v) is 8.00. The van der Waals surface area contributed by atoms with E-state index in [2.05, 4.69) is 25.9 Å². The molecule has 0 bridgehead atoms. The molecule has 11 heteroatoms. The minimum absolute atomic E-state index is 0.250. The molecule has 5 N–H and O–H groups in total. The van der Waals surface area contributed by atoms with E-state index in [4.69, 9.17) is 10.5 Å². The molecule has 2 aromatic heterocycles. The van der Waals surface area contributed by atoms with E-state index in [-0.39, 0.29) is 18.0 Å². The number of hydrogen-bond acceptors (Lipinski definition) is 7. The van der Waals surface area contributed by atoms with Crippen molar-refractivity contribution in [2.45, 2.75) is 33.4 Å². The molecule has 0 aliphatic carbocycles. The number of nitrogens with two attached hydrogens (primary N) is 1. The van der Waals surface area contributed by atoms with Gasteiger partial charge in [0.05, 0.1) is 12.4 Å². The molecule has 11 nitrogen and oxygen atoms in total. The van der Waals surface area contributed by atoms with Crippen LogP contribution in [0.5, 0.6) is 11.5 Å². The van der Waals surface area contributed by atoms with Crippen molar-refractivity contribution in [3.05, 3.63) is 36.7 Å². The average molecular weight is 427 g/mol. The van der Waals surface area contributed by atoms with Gasteiger partial charge in [-0.15, -0.1) is 0 Å². The summed E-state index contributed by atoms with van der Waals surface area (Å²) in [5, 5.41) is 7.41. The maximum absolute atomic E-state index is 12.1. The Morgan fingerprint density at radius 3 is 2.45 bits per heavy atom. The van der Waals surface area contributed by atoms with Crippen molar-refractivity contribution in [3.63, 3.8) is 0 Å². The number of imide groups is 1. The first kappa shape index (κ1) is 22.0. The molecular formula is C20H25N7O4. The first-order chi connectivity index (χ1) is 14.6. The van der Waals surface area contributed by atoms with Crippen molar-refractivity contribution in [2.75, 3.05) is 17.2 Å². The van der Waals surface area contributed by atoms with Crippen LogP contribution in [0.3, 0.4) is 0 Å². The summed E-state index contributed by atoms with van der Waals surface area (Å²) in [4.78, 5) is 45.5. The van der Waals surface area contributed by atoms with E-state index < -0.39 is 17.4 Å². The minimum Gasteiger partial charge on any atom is -0.456 e. The largest absolute Gasteiger partial charge is 0.456 e. The number of rotatable bonds is 4. The number of likely N-dealkylation sites (tertiary alicyclic amines) is 1. The number of amides is 5. The minimum atomic E-state index is -0.688. The number of carbonyl (C=O) groups excluding carboxylic acids is 3. The zero-order chi connectivity index (χ0) is 22.6. The van der Waals surface area contributed by atoms with Gasteiger partial charge in [-0.3, -0.25) is 20.7 Å². The molecular weight excluding hydrogens is 402 g/mol. The van der Waals surface area contributed by atoms with Crippen LogP contribution in [0.2, 0.25) is 0 Å². The van der Waals surface area contributed by atoms with Crippen LogP contribution < -0.4 is 26.4 Å². The van der Waals surface area contributed by atoms with Crippen LogP contribution >= 0.6 is 0 Å². The number of anilines is 2. The highest BCUT2D eigenvalue weighted by atomic mass is 16.5. The molecule has 0 radical (unpaired) electrons. The number of nitrogens with one attached hydrogen (secondary N) is 3. The Bertz CT molecular complexity index is 972. The predicted octanol–water partition coefficient (Wildman–Crippen LogP) is 2.49. The monoisotopic (exact) mass is 427 g/mol. The van der Waals surface area contributed by atoms with Gasteiger partial charge in [-0.1, -0.05) is 20.8 Å². The lowest BCUT2D eigenvalue weighted by atomic mass is 9.96. The lowest BCUT2D eigenvalue weighted by molar-refractivity contribution is -0.127. The Kier molecular flexibility index (Phi) is 6.35. The second-order valence-electron chi connectivity index (χ2n) is 8.00. The van der Waals surface area contributed by atoms with Crippen molar-refractivity contribution >= 4 is 29.6 Å². The van der Waals surface area contributed by atoms with Crippen LogP contribution in [0.4, 0.5) is 21.2 Å². The molecule has 1 aliphatic heterocycles. The first-order valence-electron chi connectivity index (χ1n) is 9.67. The second kappa shape index (κ2) is 8.96. The van der Waals surface area contributed by atoms with E-state index in [1.165, 1.54) is 23.4 Å². The molecule has 3 heterocycles. The summed E-state index contributed by atoms with van der Waals surface area (Å²) in [6.45, 7) is 5.72. The van der Waals surface area contributed by atoms with E-state index in [1.807, 2.05) is 0 Å². The van der Waals surface area contributed by atoms with Gasteiger partial charge in [0.25, 0.3) is 0 Å². The summed E-state index contributed by atoms with van der Waals surface area (Å²) in [6.07, 6.45) is 3.42. The smallest absolute Gasteiger partial charge is 0.327 e. The lowest BCUT2D eigenvalue weighted by Gasteiger charge is -2.37. The third-order valence-electron chi connectivity index (χ3n) is 4.42. The van der Waals surface area contributed by atoms with Crippen molar-refractivity contribution in [1.29, 1.82) is 0 Å². The van der Waals surface area contributed by atoms with E-state index in [0.29, 0.717) is 23.9 Å². The summed E-state index contributed by atoms with van der Waals surface area (Å²) in [5.41, 5.74) is 5.07. The third kappa shape index (κ3) is 5.89. The van der Waals surface area contributed by atoms with Gasteiger partial charge in [0.15, 0.2) is 0 Å².